The number of piperazine rings is 1. The monoisotopic (exact) mass is 388 g/mol. The van der Waals surface area contributed by atoms with Gasteiger partial charge in [0, 0.05) is 11.4 Å². The van der Waals surface area contributed by atoms with E-state index in [0.29, 0.717) is 18.0 Å². The largest absolute Gasteiger partial charge is 0.467 e. The van der Waals surface area contributed by atoms with E-state index in [1.165, 1.54) is 9.80 Å². The second kappa shape index (κ2) is 7.84. The van der Waals surface area contributed by atoms with E-state index in [0.717, 1.165) is 43.2 Å². The van der Waals surface area contributed by atoms with Crippen LogP contribution < -0.4 is 9.80 Å². The Hall–Kier alpha value is -2.15. The van der Waals surface area contributed by atoms with Crippen LogP contribution >= 0.6 is 11.6 Å². The van der Waals surface area contributed by atoms with Gasteiger partial charge in [-0.15, -0.1) is 0 Å². The summed E-state index contributed by atoms with van der Waals surface area (Å²) >= 11 is 6.00. The molecule has 2 N–H and O–H groups in total. The lowest BCUT2D eigenvalue weighted by molar-refractivity contribution is -1.000. The second-order valence-corrected chi connectivity index (χ2v) is 7.85. The standard InChI is InChI=1S/C20H23ClN4O2/c1-23-8-10-24(11-9-23)14-20(26)25-18(19-3-2-12-27-19)13-17(22-25)15-4-6-16(21)7-5-15/h2-7,12,18H,8-11,13-14H2,1H3/p+2/t18-/m0/s1. The number of carbonyl (C=O) groups is 1. The van der Waals surface area contributed by atoms with Gasteiger partial charge in [0.25, 0.3) is 5.91 Å². The van der Waals surface area contributed by atoms with Crippen molar-refractivity contribution in [2.75, 3.05) is 39.8 Å². The summed E-state index contributed by atoms with van der Waals surface area (Å²) in [4.78, 5) is 15.9. The molecule has 0 bridgehead atoms. The minimum Gasteiger partial charge on any atom is -0.467 e. The Balaban J connectivity index is 1.54. The third-order valence-corrected chi connectivity index (χ3v) is 5.68. The van der Waals surface area contributed by atoms with Gasteiger partial charge in [-0.3, -0.25) is 4.79 Å². The van der Waals surface area contributed by atoms with Gasteiger partial charge < -0.3 is 14.2 Å². The SMILES string of the molecule is C[NH+]1CC[NH+](CC(=O)N2N=C(c3ccc(Cl)cc3)C[C@H]2c2ccco2)CC1. The highest BCUT2D eigenvalue weighted by Crippen LogP contribution is 2.33. The molecule has 1 aromatic carbocycles. The van der Waals surface area contributed by atoms with Gasteiger partial charge in [-0.2, -0.15) is 5.10 Å². The predicted octanol–water partition coefficient (Wildman–Crippen LogP) is 0.0239. The number of carbonyl (C=O) groups excluding carboxylic acids is 1. The highest BCUT2D eigenvalue weighted by Gasteiger charge is 2.36. The van der Waals surface area contributed by atoms with E-state index < -0.39 is 0 Å². The molecular weight excluding hydrogens is 364 g/mol. The zero-order chi connectivity index (χ0) is 18.8. The van der Waals surface area contributed by atoms with Crippen LogP contribution in [0.15, 0.2) is 52.2 Å². The van der Waals surface area contributed by atoms with Gasteiger partial charge in [0.1, 0.15) is 38.0 Å². The number of benzene rings is 1. The number of furan rings is 1. The molecule has 27 heavy (non-hydrogen) atoms. The van der Waals surface area contributed by atoms with Crippen LogP contribution in [-0.4, -0.2) is 56.4 Å². The van der Waals surface area contributed by atoms with Gasteiger partial charge in [0.05, 0.1) is 19.0 Å². The summed E-state index contributed by atoms with van der Waals surface area (Å²) in [6.45, 7) is 4.71. The summed E-state index contributed by atoms with van der Waals surface area (Å²) in [5, 5.41) is 7.00. The Morgan fingerprint density at radius 2 is 1.96 bits per heavy atom. The molecular formula is C20H25ClN4O2+2. The first kappa shape index (κ1) is 18.2. The summed E-state index contributed by atoms with van der Waals surface area (Å²) in [5.74, 6) is 0.823. The maximum atomic E-state index is 13.1. The fourth-order valence-electron chi connectivity index (χ4n) is 3.76. The lowest BCUT2D eigenvalue weighted by Crippen LogP contribution is -3.27. The molecule has 7 heteroatoms. The molecule has 1 saturated heterocycles. The van der Waals surface area contributed by atoms with Crippen LogP contribution in [0.25, 0.3) is 0 Å². The van der Waals surface area contributed by atoms with Crippen LogP contribution in [0.2, 0.25) is 5.02 Å². The van der Waals surface area contributed by atoms with Crippen molar-refractivity contribution in [3.63, 3.8) is 0 Å². The molecule has 0 radical (unpaired) electrons. The predicted molar refractivity (Wildman–Crippen MR) is 103 cm³/mol. The summed E-state index contributed by atoms with van der Waals surface area (Å²) < 4.78 is 5.61. The van der Waals surface area contributed by atoms with Crippen molar-refractivity contribution in [2.24, 2.45) is 5.10 Å². The number of nitrogens with zero attached hydrogens (tertiary/aromatic N) is 2. The maximum absolute atomic E-state index is 13.1. The molecule has 2 aliphatic rings. The van der Waals surface area contributed by atoms with E-state index in [2.05, 4.69) is 12.1 Å². The molecule has 0 saturated carbocycles. The molecule has 2 aliphatic heterocycles. The third kappa shape index (κ3) is 4.08. The van der Waals surface area contributed by atoms with Crippen LogP contribution in [0.3, 0.4) is 0 Å². The number of rotatable bonds is 4. The number of hydrogen-bond donors (Lipinski definition) is 2. The number of hydrogen-bond acceptors (Lipinski definition) is 3. The molecule has 0 unspecified atom stereocenters. The quantitative estimate of drug-likeness (QED) is 0.776. The first-order valence-electron chi connectivity index (χ1n) is 9.44. The third-order valence-electron chi connectivity index (χ3n) is 5.43. The van der Waals surface area contributed by atoms with Crippen molar-refractivity contribution in [1.29, 1.82) is 0 Å². The topological polar surface area (TPSA) is 54.7 Å². The van der Waals surface area contributed by atoms with Crippen LogP contribution in [0.5, 0.6) is 0 Å². The number of halogens is 1. The van der Waals surface area contributed by atoms with Crippen molar-refractivity contribution < 1.29 is 19.0 Å². The molecule has 0 spiro atoms. The molecule has 3 heterocycles. The van der Waals surface area contributed by atoms with Gasteiger partial charge in [-0.05, 0) is 29.8 Å². The minimum absolute atomic E-state index is 0.0508. The Labute approximate surface area is 164 Å². The second-order valence-electron chi connectivity index (χ2n) is 7.41. The number of hydrazone groups is 1. The van der Waals surface area contributed by atoms with Crippen molar-refractivity contribution in [3.8, 4) is 0 Å². The number of nitrogens with one attached hydrogen (secondary N) is 2. The van der Waals surface area contributed by atoms with Crippen LogP contribution in [0.4, 0.5) is 0 Å². The maximum Gasteiger partial charge on any atom is 0.298 e. The van der Waals surface area contributed by atoms with E-state index in [4.69, 9.17) is 16.0 Å². The molecule has 1 aromatic heterocycles. The van der Waals surface area contributed by atoms with E-state index in [-0.39, 0.29) is 11.9 Å². The zero-order valence-electron chi connectivity index (χ0n) is 15.5. The number of likely N-dealkylation sites (N-methyl/N-ethyl adjacent to an activating group) is 1. The molecule has 1 atom stereocenters. The molecule has 6 nitrogen and oxygen atoms in total. The Morgan fingerprint density at radius 3 is 2.63 bits per heavy atom. The zero-order valence-corrected chi connectivity index (χ0v) is 16.2. The lowest BCUT2D eigenvalue weighted by atomic mass is 10.0. The summed E-state index contributed by atoms with van der Waals surface area (Å²) in [6.07, 6.45) is 2.29. The Morgan fingerprint density at radius 1 is 1.22 bits per heavy atom. The highest BCUT2D eigenvalue weighted by molar-refractivity contribution is 6.30. The summed E-state index contributed by atoms with van der Waals surface area (Å²) in [5.41, 5.74) is 1.88. The van der Waals surface area contributed by atoms with Gasteiger partial charge in [-0.1, -0.05) is 23.7 Å². The van der Waals surface area contributed by atoms with E-state index >= 15 is 0 Å². The van der Waals surface area contributed by atoms with Crippen LogP contribution in [-0.2, 0) is 4.79 Å². The molecule has 1 amide bonds. The van der Waals surface area contributed by atoms with E-state index in [1.54, 1.807) is 11.3 Å². The summed E-state index contributed by atoms with van der Waals surface area (Å²) in [7, 11) is 2.20. The molecule has 142 valence electrons. The van der Waals surface area contributed by atoms with Crippen molar-refractivity contribution in [2.45, 2.75) is 12.5 Å². The fourth-order valence-corrected chi connectivity index (χ4v) is 3.89. The summed E-state index contributed by atoms with van der Waals surface area (Å²) in [6, 6.07) is 11.2. The highest BCUT2D eigenvalue weighted by atomic mass is 35.5. The first-order valence-corrected chi connectivity index (χ1v) is 9.81. The molecule has 2 aromatic rings. The Kier molecular flexibility index (Phi) is 5.29. The minimum atomic E-state index is -0.185. The number of amides is 1. The molecule has 1 fully saturated rings. The van der Waals surface area contributed by atoms with Gasteiger partial charge >= 0.3 is 0 Å². The molecule has 0 aliphatic carbocycles. The van der Waals surface area contributed by atoms with Crippen molar-refractivity contribution in [1.82, 2.24) is 5.01 Å². The van der Waals surface area contributed by atoms with Gasteiger partial charge in [0.2, 0.25) is 0 Å². The van der Waals surface area contributed by atoms with Crippen LogP contribution in [0.1, 0.15) is 23.8 Å². The van der Waals surface area contributed by atoms with Crippen LogP contribution in [0, 0.1) is 0 Å². The Bertz CT molecular complexity index is 811. The average Bonchev–Trinajstić information content (AvgIpc) is 3.33. The van der Waals surface area contributed by atoms with E-state index in [9.17, 15) is 4.79 Å². The lowest BCUT2D eigenvalue weighted by Gasteiger charge is -2.28. The van der Waals surface area contributed by atoms with Crippen molar-refractivity contribution in [3.05, 3.63) is 59.0 Å². The van der Waals surface area contributed by atoms with E-state index in [1.807, 2.05) is 36.4 Å². The fraction of sp³-hybridized carbons (Fsp3) is 0.400. The molecule has 4 rings (SSSR count). The van der Waals surface area contributed by atoms with Crippen molar-refractivity contribution >= 4 is 23.2 Å². The number of quaternary nitrogens is 2. The van der Waals surface area contributed by atoms with Gasteiger partial charge in [-0.25, -0.2) is 5.01 Å². The average molecular weight is 389 g/mol. The normalized spacial score (nSPS) is 25.5. The first-order chi connectivity index (χ1) is 13.1. The van der Waals surface area contributed by atoms with Gasteiger partial charge in [0.15, 0.2) is 6.54 Å². The smallest absolute Gasteiger partial charge is 0.298 e.